The van der Waals surface area contributed by atoms with Crippen molar-refractivity contribution in [1.82, 2.24) is 21.3 Å². The van der Waals surface area contributed by atoms with Crippen LogP contribution in [-0.4, -0.2) is 56.1 Å². The largest absolute Gasteiger partial charge is 0.313 e. The van der Waals surface area contributed by atoms with Gasteiger partial charge in [-0.05, 0) is 13.8 Å². The van der Waals surface area contributed by atoms with Crippen LogP contribution in [0.3, 0.4) is 0 Å². The van der Waals surface area contributed by atoms with Crippen molar-refractivity contribution in [3.63, 3.8) is 0 Å². The highest BCUT2D eigenvalue weighted by Gasteiger charge is 2.45. The summed E-state index contributed by atoms with van der Waals surface area (Å²) in [5.41, 5.74) is -0.891. The van der Waals surface area contributed by atoms with Crippen LogP contribution in [0.5, 0.6) is 0 Å². The summed E-state index contributed by atoms with van der Waals surface area (Å²) in [6, 6.07) is 0. The molecule has 0 aliphatic carbocycles. The van der Waals surface area contributed by atoms with E-state index in [4.69, 9.17) is 0 Å². The second-order valence-electron chi connectivity index (χ2n) is 5.20. The lowest BCUT2D eigenvalue weighted by atomic mass is 9.80. The zero-order valence-electron chi connectivity index (χ0n) is 10.2. The predicted octanol–water partition coefficient (Wildman–Crippen LogP) is -1.54. The lowest BCUT2D eigenvalue weighted by Crippen LogP contribution is -2.72. The minimum Gasteiger partial charge on any atom is -0.313 e. The Labute approximate surface area is 96.7 Å². The lowest BCUT2D eigenvalue weighted by Gasteiger charge is -2.43. The third-order valence-corrected chi connectivity index (χ3v) is 3.59. The molecule has 0 radical (unpaired) electrons. The van der Waals surface area contributed by atoms with E-state index in [0.29, 0.717) is 13.1 Å². The molecule has 0 saturated carbocycles. The van der Waals surface area contributed by atoms with Gasteiger partial charge in [-0.25, -0.2) is 0 Å². The van der Waals surface area contributed by atoms with E-state index in [9.17, 15) is 4.79 Å². The van der Waals surface area contributed by atoms with E-state index < -0.39 is 11.1 Å². The number of piperazine rings is 2. The summed E-state index contributed by atoms with van der Waals surface area (Å²) in [6.07, 6.45) is 0. The first-order valence-electron chi connectivity index (χ1n) is 6.03. The summed E-state index contributed by atoms with van der Waals surface area (Å²) in [5.74, 6) is 0.249. The van der Waals surface area contributed by atoms with Crippen molar-refractivity contribution in [2.75, 3.05) is 39.3 Å². The summed E-state index contributed by atoms with van der Waals surface area (Å²) >= 11 is 0. The Morgan fingerprint density at radius 2 is 1.31 bits per heavy atom. The van der Waals surface area contributed by atoms with Gasteiger partial charge in [-0.1, -0.05) is 0 Å². The molecule has 2 aliphatic heterocycles. The van der Waals surface area contributed by atoms with Crippen LogP contribution in [-0.2, 0) is 4.79 Å². The van der Waals surface area contributed by atoms with Gasteiger partial charge in [0.25, 0.3) is 0 Å². The van der Waals surface area contributed by atoms with E-state index in [1.165, 1.54) is 0 Å². The van der Waals surface area contributed by atoms with E-state index in [1.54, 1.807) is 0 Å². The van der Waals surface area contributed by atoms with Crippen molar-refractivity contribution in [2.45, 2.75) is 24.9 Å². The Balaban J connectivity index is 2.10. The van der Waals surface area contributed by atoms with Gasteiger partial charge in [0.15, 0.2) is 5.78 Å². The SMILES string of the molecule is CC1(C(=O)C2(C)CNCCN2)CNCCN1. The Bertz CT molecular complexity index is 241. The van der Waals surface area contributed by atoms with Crippen molar-refractivity contribution in [3.8, 4) is 0 Å². The fourth-order valence-electron chi connectivity index (χ4n) is 2.59. The summed E-state index contributed by atoms with van der Waals surface area (Å²) in [6.45, 7) is 8.98. The van der Waals surface area contributed by atoms with Crippen molar-refractivity contribution >= 4 is 5.78 Å². The molecule has 2 heterocycles. The van der Waals surface area contributed by atoms with Crippen molar-refractivity contribution in [3.05, 3.63) is 0 Å². The van der Waals surface area contributed by atoms with Crippen LogP contribution < -0.4 is 21.3 Å². The van der Waals surface area contributed by atoms with E-state index in [1.807, 2.05) is 13.8 Å². The lowest BCUT2D eigenvalue weighted by molar-refractivity contribution is -0.131. The van der Waals surface area contributed by atoms with Gasteiger partial charge in [0.2, 0.25) is 0 Å². The maximum absolute atomic E-state index is 12.6. The van der Waals surface area contributed by atoms with Crippen molar-refractivity contribution < 1.29 is 4.79 Å². The van der Waals surface area contributed by atoms with E-state index in [0.717, 1.165) is 26.2 Å². The number of ketones is 1. The molecule has 2 fully saturated rings. The summed E-state index contributed by atoms with van der Waals surface area (Å²) < 4.78 is 0. The standard InChI is InChI=1S/C11H22N4O/c1-10(7-12-3-5-14-10)9(16)11(2)8-13-4-6-15-11/h12-15H,3-8H2,1-2H3. The van der Waals surface area contributed by atoms with E-state index in [-0.39, 0.29) is 5.78 Å². The van der Waals surface area contributed by atoms with Gasteiger partial charge >= 0.3 is 0 Å². The van der Waals surface area contributed by atoms with Crippen LogP contribution in [0.4, 0.5) is 0 Å². The first-order chi connectivity index (χ1) is 7.57. The average Bonchev–Trinajstić information content (AvgIpc) is 2.30. The quantitative estimate of drug-likeness (QED) is 0.459. The van der Waals surface area contributed by atoms with Crippen LogP contribution in [0.2, 0.25) is 0 Å². The smallest absolute Gasteiger partial charge is 0.174 e. The van der Waals surface area contributed by atoms with Crippen LogP contribution >= 0.6 is 0 Å². The highest BCUT2D eigenvalue weighted by molar-refractivity contribution is 5.96. The third kappa shape index (κ3) is 2.13. The van der Waals surface area contributed by atoms with Gasteiger partial charge in [0.05, 0.1) is 11.1 Å². The molecule has 0 bridgehead atoms. The first kappa shape index (κ1) is 12.0. The zero-order chi connectivity index (χ0) is 11.6. The Hall–Kier alpha value is -0.490. The van der Waals surface area contributed by atoms with Gasteiger partial charge in [0.1, 0.15) is 0 Å². The van der Waals surface area contributed by atoms with Crippen molar-refractivity contribution in [2.24, 2.45) is 0 Å². The number of carbonyl (C=O) groups is 1. The maximum atomic E-state index is 12.6. The van der Waals surface area contributed by atoms with Gasteiger partial charge in [-0.3, -0.25) is 4.79 Å². The number of Topliss-reactive ketones (excluding diaryl/α,β-unsaturated/α-hetero) is 1. The molecule has 2 unspecified atom stereocenters. The number of nitrogens with one attached hydrogen (secondary N) is 4. The molecule has 0 aromatic carbocycles. The van der Waals surface area contributed by atoms with Crippen LogP contribution in [0.25, 0.3) is 0 Å². The molecular formula is C11H22N4O. The molecular weight excluding hydrogens is 204 g/mol. The highest BCUT2D eigenvalue weighted by Crippen LogP contribution is 2.18. The van der Waals surface area contributed by atoms with E-state index in [2.05, 4.69) is 21.3 Å². The molecule has 0 aromatic heterocycles. The topological polar surface area (TPSA) is 65.2 Å². The second kappa shape index (κ2) is 4.41. The molecule has 16 heavy (non-hydrogen) atoms. The number of hydrogen-bond acceptors (Lipinski definition) is 5. The molecule has 2 aliphatic rings. The Morgan fingerprint density at radius 1 is 0.875 bits per heavy atom. The molecule has 0 spiro atoms. The minimum absolute atomic E-state index is 0.249. The Kier molecular flexibility index (Phi) is 3.30. The summed E-state index contributed by atoms with van der Waals surface area (Å²) in [4.78, 5) is 12.6. The van der Waals surface area contributed by atoms with Crippen molar-refractivity contribution in [1.29, 1.82) is 0 Å². The molecule has 2 saturated heterocycles. The normalized spacial score (nSPS) is 40.6. The zero-order valence-corrected chi connectivity index (χ0v) is 10.2. The predicted molar refractivity (Wildman–Crippen MR) is 63.6 cm³/mol. The summed E-state index contributed by atoms with van der Waals surface area (Å²) in [5, 5.41) is 13.2. The Morgan fingerprint density at radius 3 is 1.62 bits per heavy atom. The molecule has 5 heteroatoms. The van der Waals surface area contributed by atoms with Crippen LogP contribution in [0.1, 0.15) is 13.8 Å². The van der Waals surface area contributed by atoms with Crippen LogP contribution in [0.15, 0.2) is 0 Å². The molecule has 2 rings (SSSR count). The van der Waals surface area contributed by atoms with Gasteiger partial charge < -0.3 is 21.3 Å². The molecule has 5 nitrogen and oxygen atoms in total. The minimum atomic E-state index is -0.445. The number of hydrogen-bond donors (Lipinski definition) is 4. The molecule has 0 amide bonds. The number of rotatable bonds is 2. The molecule has 0 aromatic rings. The second-order valence-corrected chi connectivity index (χ2v) is 5.20. The average molecular weight is 226 g/mol. The first-order valence-corrected chi connectivity index (χ1v) is 6.03. The maximum Gasteiger partial charge on any atom is 0.174 e. The fraction of sp³-hybridized carbons (Fsp3) is 0.909. The number of carbonyl (C=O) groups excluding carboxylic acids is 1. The van der Waals surface area contributed by atoms with Crippen LogP contribution in [0, 0.1) is 0 Å². The molecule has 4 N–H and O–H groups in total. The molecule has 92 valence electrons. The highest BCUT2D eigenvalue weighted by atomic mass is 16.1. The third-order valence-electron chi connectivity index (χ3n) is 3.59. The summed E-state index contributed by atoms with van der Waals surface area (Å²) in [7, 11) is 0. The van der Waals surface area contributed by atoms with E-state index >= 15 is 0 Å². The van der Waals surface area contributed by atoms with Gasteiger partial charge in [-0.15, -0.1) is 0 Å². The monoisotopic (exact) mass is 226 g/mol. The fourth-order valence-corrected chi connectivity index (χ4v) is 2.59. The van der Waals surface area contributed by atoms with Gasteiger partial charge in [0, 0.05) is 39.3 Å². The van der Waals surface area contributed by atoms with Gasteiger partial charge in [-0.2, -0.15) is 0 Å². The molecule has 2 atom stereocenters.